The van der Waals surface area contributed by atoms with E-state index >= 15 is 0 Å². The lowest BCUT2D eigenvalue weighted by atomic mass is 9.93. The maximum absolute atomic E-state index is 12.6. The Morgan fingerprint density at radius 2 is 1.85 bits per heavy atom. The predicted molar refractivity (Wildman–Crippen MR) is 74.0 cm³/mol. The van der Waals surface area contributed by atoms with Gasteiger partial charge >= 0.3 is 0 Å². The van der Waals surface area contributed by atoms with Crippen molar-refractivity contribution in [2.24, 2.45) is 5.41 Å². The molecule has 1 aromatic rings. The van der Waals surface area contributed by atoms with Crippen LogP contribution in [0.2, 0.25) is 0 Å². The van der Waals surface area contributed by atoms with E-state index in [1.54, 1.807) is 24.7 Å². The van der Waals surface area contributed by atoms with Crippen molar-refractivity contribution in [3.8, 4) is 11.5 Å². The molecule has 6 heteroatoms. The summed E-state index contributed by atoms with van der Waals surface area (Å²) in [6.45, 7) is 7.31. The maximum Gasteiger partial charge on any atom is 0.243 e. The smallest absolute Gasteiger partial charge is 0.243 e. The number of benzene rings is 1. The Bertz CT molecular complexity index is 624. The fourth-order valence-corrected chi connectivity index (χ4v) is 3.96. The molecule has 5 nitrogen and oxygen atoms in total. The van der Waals surface area contributed by atoms with Crippen molar-refractivity contribution >= 4 is 10.0 Å². The first-order chi connectivity index (χ1) is 9.38. The summed E-state index contributed by atoms with van der Waals surface area (Å²) in [6.07, 6.45) is 0.761. The normalized spacial score (nSPS) is 21.9. The van der Waals surface area contributed by atoms with Crippen LogP contribution in [-0.4, -0.2) is 32.5 Å². The van der Waals surface area contributed by atoms with Gasteiger partial charge in [-0.25, -0.2) is 8.42 Å². The van der Waals surface area contributed by atoms with Crippen LogP contribution in [0.5, 0.6) is 11.5 Å². The molecule has 0 spiro atoms. The molecule has 1 radical (unpaired) electrons. The molecule has 20 heavy (non-hydrogen) atoms. The van der Waals surface area contributed by atoms with Gasteiger partial charge in [-0.2, -0.15) is 4.31 Å². The van der Waals surface area contributed by atoms with Gasteiger partial charge in [0.15, 0.2) is 11.5 Å². The van der Waals surface area contributed by atoms with Crippen LogP contribution in [-0.2, 0) is 10.0 Å². The van der Waals surface area contributed by atoms with Crippen LogP contribution in [0.3, 0.4) is 0 Å². The van der Waals surface area contributed by atoms with Crippen LogP contribution in [0.1, 0.15) is 20.3 Å². The number of hydrogen-bond donors (Lipinski definition) is 0. The van der Waals surface area contributed by atoms with Crippen molar-refractivity contribution in [2.45, 2.75) is 25.2 Å². The van der Waals surface area contributed by atoms with Gasteiger partial charge in [-0.05, 0) is 24.0 Å². The lowest BCUT2D eigenvalue weighted by molar-refractivity contribution is 0.171. The van der Waals surface area contributed by atoms with E-state index in [0.717, 1.165) is 6.42 Å². The van der Waals surface area contributed by atoms with Crippen molar-refractivity contribution in [2.75, 3.05) is 19.8 Å². The quantitative estimate of drug-likeness (QED) is 0.838. The summed E-state index contributed by atoms with van der Waals surface area (Å²) in [5.41, 5.74) is -0.0130. The van der Waals surface area contributed by atoms with Crippen molar-refractivity contribution in [1.29, 1.82) is 0 Å². The molecule has 109 valence electrons. The molecule has 0 unspecified atom stereocenters. The van der Waals surface area contributed by atoms with Gasteiger partial charge in [0.05, 0.1) is 4.90 Å². The maximum atomic E-state index is 12.6. The Kier molecular flexibility index (Phi) is 3.17. The molecule has 0 N–H and O–H groups in total. The minimum atomic E-state index is -3.50. The van der Waals surface area contributed by atoms with Gasteiger partial charge in [-0.3, -0.25) is 0 Å². The summed E-state index contributed by atoms with van der Waals surface area (Å²) in [7, 11) is -3.50. The van der Waals surface area contributed by atoms with Crippen LogP contribution in [0.4, 0.5) is 0 Å². The molecule has 1 fully saturated rings. The number of sulfonamides is 1. The zero-order valence-corrected chi connectivity index (χ0v) is 12.4. The lowest BCUT2D eigenvalue weighted by Crippen LogP contribution is -2.28. The molecule has 0 amide bonds. The van der Waals surface area contributed by atoms with E-state index in [-0.39, 0.29) is 10.3 Å². The molecule has 0 aliphatic carbocycles. The molecule has 1 aromatic carbocycles. The second-order valence-electron chi connectivity index (χ2n) is 5.91. The summed E-state index contributed by atoms with van der Waals surface area (Å²) in [6, 6.07) is 4.77. The second kappa shape index (κ2) is 4.63. The van der Waals surface area contributed by atoms with E-state index in [1.807, 2.05) is 0 Å². The summed E-state index contributed by atoms with van der Waals surface area (Å²) in [5, 5.41) is 0. The monoisotopic (exact) mass is 296 g/mol. The summed E-state index contributed by atoms with van der Waals surface area (Å²) in [5.74, 6) is 1.09. The highest BCUT2D eigenvalue weighted by molar-refractivity contribution is 7.89. The third-order valence-electron chi connectivity index (χ3n) is 3.55. The van der Waals surface area contributed by atoms with E-state index < -0.39 is 10.0 Å². The first-order valence-electron chi connectivity index (χ1n) is 6.63. The highest BCUT2D eigenvalue weighted by Gasteiger charge is 2.37. The molecule has 0 aromatic heterocycles. The topological polar surface area (TPSA) is 55.8 Å². The van der Waals surface area contributed by atoms with E-state index in [4.69, 9.17) is 9.47 Å². The lowest BCUT2D eigenvalue weighted by Gasteiger charge is -2.22. The van der Waals surface area contributed by atoms with Crippen molar-refractivity contribution in [1.82, 2.24) is 4.31 Å². The highest BCUT2D eigenvalue weighted by atomic mass is 32.2. The molecular weight excluding hydrogens is 278 g/mol. The van der Waals surface area contributed by atoms with E-state index in [1.165, 1.54) is 4.31 Å². The third-order valence-corrected chi connectivity index (χ3v) is 5.30. The SMILES string of the molecule is CC1(C)C[CH]N(S(=O)(=O)c2ccc3c(c2)OCCO3)C1. The molecule has 3 rings (SSSR count). The molecule has 1 saturated heterocycles. The Labute approximate surface area is 119 Å². The zero-order chi connectivity index (χ0) is 14.4. The fraction of sp³-hybridized carbons (Fsp3) is 0.500. The van der Waals surface area contributed by atoms with Crippen LogP contribution < -0.4 is 9.47 Å². The second-order valence-corrected chi connectivity index (χ2v) is 7.80. The Morgan fingerprint density at radius 1 is 1.15 bits per heavy atom. The number of rotatable bonds is 2. The van der Waals surface area contributed by atoms with Crippen molar-refractivity contribution in [3.63, 3.8) is 0 Å². The fourth-order valence-electron chi connectivity index (χ4n) is 2.40. The van der Waals surface area contributed by atoms with Crippen LogP contribution in [0, 0.1) is 12.0 Å². The number of nitrogens with zero attached hydrogens (tertiary/aromatic N) is 1. The number of fused-ring (bicyclic) bond motifs is 1. The van der Waals surface area contributed by atoms with Gasteiger partial charge in [0, 0.05) is 19.2 Å². The van der Waals surface area contributed by atoms with Crippen LogP contribution >= 0.6 is 0 Å². The molecule has 2 aliphatic rings. The van der Waals surface area contributed by atoms with Crippen LogP contribution in [0.25, 0.3) is 0 Å². The minimum absolute atomic E-state index is 0.0130. The first-order valence-corrected chi connectivity index (χ1v) is 8.07. The van der Waals surface area contributed by atoms with Gasteiger partial charge in [0.2, 0.25) is 10.0 Å². The van der Waals surface area contributed by atoms with Gasteiger partial charge < -0.3 is 9.47 Å². The molecule has 0 atom stereocenters. The summed E-state index contributed by atoms with van der Waals surface area (Å²) < 4.78 is 37.5. The minimum Gasteiger partial charge on any atom is -0.486 e. The molecule has 2 heterocycles. The summed E-state index contributed by atoms with van der Waals surface area (Å²) >= 11 is 0. The van der Waals surface area contributed by atoms with Gasteiger partial charge in [-0.15, -0.1) is 0 Å². The van der Waals surface area contributed by atoms with E-state index in [9.17, 15) is 8.42 Å². The van der Waals surface area contributed by atoms with E-state index in [2.05, 4.69) is 13.8 Å². The number of ether oxygens (including phenoxy) is 2. The first kappa shape index (κ1) is 13.7. The van der Waals surface area contributed by atoms with Gasteiger partial charge in [-0.1, -0.05) is 13.8 Å². The molecule has 0 saturated carbocycles. The molecular formula is C14H18NO4S. The highest BCUT2D eigenvalue weighted by Crippen LogP contribution is 2.38. The van der Waals surface area contributed by atoms with Crippen molar-refractivity contribution < 1.29 is 17.9 Å². The zero-order valence-electron chi connectivity index (χ0n) is 11.6. The summed E-state index contributed by atoms with van der Waals surface area (Å²) in [4.78, 5) is 0.246. The number of hydrogen-bond acceptors (Lipinski definition) is 4. The average molecular weight is 296 g/mol. The van der Waals surface area contributed by atoms with Crippen molar-refractivity contribution in [3.05, 3.63) is 24.7 Å². The predicted octanol–water partition coefficient (Wildman–Crippen LogP) is 2.04. The van der Waals surface area contributed by atoms with E-state index in [0.29, 0.717) is 31.3 Å². The molecule has 0 bridgehead atoms. The average Bonchev–Trinajstić information content (AvgIpc) is 2.79. The Morgan fingerprint density at radius 3 is 2.50 bits per heavy atom. The standard InChI is InChI=1S/C14H18NO4S/c1-14(2)5-6-15(10-14)20(16,17)11-3-4-12-13(9-11)19-8-7-18-12/h3-4,6,9H,5,7-8,10H2,1-2H3. The molecule has 2 aliphatic heterocycles. The largest absolute Gasteiger partial charge is 0.486 e. The Balaban J connectivity index is 1.92. The van der Waals surface area contributed by atoms with Gasteiger partial charge in [0.1, 0.15) is 13.2 Å². The Hall–Kier alpha value is -1.27. The third kappa shape index (κ3) is 2.38. The van der Waals surface area contributed by atoms with Gasteiger partial charge in [0.25, 0.3) is 0 Å². The van der Waals surface area contributed by atoms with Crippen LogP contribution in [0.15, 0.2) is 23.1 Å².